The van der Waals surface area contributed by atoms with Crippen LogP contribution in [0.1, 0.15) is 35.3 Å². The maximum absolute atomic E-state index is 11.9. The molecular formula is C18H22N4O2. The van der Waals surface area contributed by atoms with Crippen molar-refractivity contribution in [2.24, 2.45) is 0 Å². The van der Waals surface area contributed by atoms with Crippen LogP contribution in [-0.4, -0.2) is 36.1 Å². The first-order valence-electron chi connectivity index (χ1n) is 8.22. The van der Waals surface area contributed by atoms with Gasteiger partial charge in [0.05, 0.1) is 18.4 Å². The number of nitrogens with one attached hydrogen (secondary N) is 1. The van der Waals surface area contributed by atoms with Crippen molar-refractivity contribution in [2.45, 2.75) is 26.2 Å². The van der Waals surface area contributed by atoms with E-state index in [0.29, 0.717) is 17.2 Å². The molecule has 1 aromatic carbocycles. The Morgan fingerprint density at radius 3 is 2.67 bits per heavy atom. The normalized spacial score (nSPS) is 14.3. The van der Waals surface area contributed by atoms with Gasteiger partial charge in [0.15, 0.2) is 0 Å². The minimum Gasteiger partial charge on any atom is -0.465 e. The number of benzene rings is 1. The van der Waals surface area contributed by atoms with Gasteiger partial charge < -0.3 is 15.0 Å². The highest BCUT2D eigenvalue weighted by Crippen LogP contribution is 2.23. The molecule has 1 aliphatic rings. The number of rotatable bonds is 4. The van der Waals surface area contributed by atoms with E-state index in [-0.39, 0.29) is 5.97 Å². The number of carbonyl (C=O) groups excluding carboxylic acids is 1. The summed E-state index contributed by atoms with van der Waals surface area (Å²) in [6.45, 7) is 4.00. The molecule has 1 aromatic heterocycles. The maximum Gasteiger partial charge on any atom is 0.339 e. The second-order valence-corrected chi connectivity index (χ2v) is 5.90. The smallest absolute Gasteiger partial charge is 0.339 e. The van der Waals surface area contributed by atoms with Crippen LogP contribution in [0.2, 0.25) is 0 Å². The van der Waals surface area contributed by atoms with Crippen LogP contribution in [0.25, 0.3) is 0 Å². The van der Waals surface area contributed by atoms with Gasteiger partial charge in [-0.25, -0.2) is 9.78 Å². The van der Waals surface area contributed by atoms with E-state index in [9.17, 15) is 4.79 Å². The van der Waals surface area contributed by atoms with Gasteiger partial charge >= 0.3 is 5.97 Å². The Labute approximate surface area is 141 Å². The molecule has 0 aliphatic carbocycles. The number of aromatic nitrogens is 2. The molecule has 126 valence electrons. The zero-order valence-corrected chi connectivity index (χ0v) is 14.1. The van der Waals surface area contributed by atoms with Gasteiger partial charge in [0.2, 0.25) is 5.95 Å². The summed E-state index contributed by atoms with van der Waals surface area (Å²) in [5, 5.41) is 3.16. The van der Waals surface area contributed by atoms with E-state index in [1.165, 1.54) is 26.4 Å². The van der Waals surface area contributed by atoms with Crippen molar-refractivity contribution in [1.29, 1.82) is 0 Å². The molecule has 0 amide bonds. The lowest BCUT2D eigenvalue weighted by atomic mass is 10.1. The molecule has 2 aromatic rings. The number of anilines is 3. The van der Waals surface area contributed by atoms with Crippen LogP contribution in [0.3, 0.4) is 0 Å². The highest BCUT2D eigenvalue weighted by Gasteiger charge is 2.16. The maximum atomic E-state index is 11.9. The number of carbonyl (C=O) groups is 1. The van der Waals surface area contributed by atoms with Crippen LogP contribution in [0.4, 0.5) is 17.5 Å². The van der Waals surface area contributed by atoms with Crippen molar-refractivity contribution >= 4 is 23.4 Å². The quantitative estimate of drug-likeness (QED) is 0.870. The van der Waals surface area contributed by atoms with Crippen LogP contribution in [0, 0.1) is 6.92 Å². The molecule has 1 N–H and O–H groups in total. The van der Waals surface area contributed by atoms with Gasteiger partial charge in [0, 0.05) is 24.8 Å². The molecule has 1 aliphatic heterocycles. The number of hydrogen-bond donors (Lipinski definition) is 1. The standard InChI is InChI=1S/C18H22N4O2/c1-13-12-16(22-10-6-3-7-11-22)21-18(19-13)20-15-9-5-4-8-14(15)17(23)24-2/h4-5,8-9,12H,3,6-7,10-11H2,1-2H3,(H,19,20,21). The SMILES string of the molecule is COC(=O)c1ccccc1Nc1nc(C)cc(N2CCCCC2)n1. The third kappa shape index (κ3) is 3.64. The van der Waals surface area contributed by atoms with Crippen LogP contribution in [0.15, 0.2) is 30.3 Å². The van der Waals surface area contributed by atoms with Gasteiger partial charge in [-0.05, 0) is 38.3 Å². The fourth-order valence-electron chi connectivity index (χ4n) is 2.89. The Balaban J connectivity index is 1.88. The Kier molecular flexibility index (Phi) is 4.93. The van der Waals surface area contributed by atoms with Crippen molar-refractivity contribution in [3.05, 3.63) is 41.6 Å². The Morgan fingerprint density at radius 2 is 1.92 bits per heavy atom. The highest BCUT2D eigenvalue weighted by atomic mass is 16.5. The first kappa shape index (κ1) is 16.2. The first-order valence-corrected chi connectivity index (χ1v) is 8.22. The summed E-state index contributed by atoms with van der Waals surface area (Å²) in [5.41, 5.74) is 1.99. The zero-order valence-electron chi connectivity index (χ0n) is 14.1. The van der Waals surface area contributed by atoms with E-state index >= 15 is 0 Å². The van der Waals surface area contributed by atoms with E-state index in [2.05, 4.69) is 20.2 Å². The van der Waals surface area contributed by atoms with Crippen LogP contribution < -0.4 is 10.2 Å². The van der Waals surface area contributed by atoms with Crippen molar-refractivity contribution in [3.8, 4) is 0 Å². The van der Waals surface area contributed by atoms with Crippen molar-refractivity contribution < 1.29 is 9.53 Å². The van der Waals surface area contributed by atoms with Crippen molar-refractivity contribution in [3.63, 3.8) is 0 Å². The Morgan fingerprint density at radius 1 is 1.17 bits per heavy atom. The van der Waals surface area contributed by atoms with Crippen LogP contribution >= 0.6 is 0 Å². The lowest BCUT2D eigenvalue weighted by Gasteiger charge is -2.28. The number of aryl methyl sites for hydroxylation is 1. The molecule has 0 atom stereocenters. The predicted octanol–water partition coefficient (Wildman–Crippen LogP) is 3.31. The molecule has 0 saturated carbocycles. The second-order valence-electron chi connectivity index (χ2n) is 5.90. The fourth-order valence-corrected chi connectivity index (χ4v) is 2.89. The van der Waals surface area contributed by atoms with Crippen molar-refractivity contribution in [1.82, 2.24) is 9.97 Å². The third-order valence-electron chi connectivity index (χ3n) is 4.10. The molecule has 6 heteroatoms. The zero-order chi connectivity index (χ0) is 16.9. The van der Waals surface area contributed by atoms with Crippen LogP contribution in [0.5, 0.6) is 0 Å². The summed E-state index contributed by atoms with van der Waals surface area (Å²) in [7, 11) is 1.37. The number of piperidine rings is 1. The molecule has 1 fully saturated rings. The van der Waals surface area contributed by atoms with E-state index < -0.39 is 0 Å². The molecule has 6 nitrogen and oxygen atoms in total. The summed E-state index contributed by atoms with van der Waals surface area (Å²) in [6.07, 6.45) is 3.66. The molecule has 0 spiro atoms. The topological polar surface area (TPSA) is 67.3 Å². The molecule has 2 heterocycles. The van der Waals surface area contributed by atoms with E-state index in [4.69, 9.17) is 4.74 Å². The van der Waals surface area contributed by atoms with Gasteiger partial charge in [-0.15, -0.1) is 0 Å². The average molecular weight is 326 g/mol. The predicted molar refractivity (Wildman–Crippen MR) is 93.9 cm³/mol. The number of esters is 1. The first-order chi connectivity index (χ1) is 11.7. The van der Waals surface area contributed by atoms with E-state index in [1.807, 2.05) is 25.1 Å². The number of ether oxygens (including phenoxy) is 1. The largest absolute Gasteiger partial charge is 0.465 e. The average Bonchev–Trinajstić information content (AvgIpc) is 2.62. The summed E-state index contributed by atoms with van der Waals surface area (Å²) in [4.78, 5) is 23.3. The Hall–Kier alpha value is -2.63. The molecular weight excluding hydrogens is 304 g/mol. The van der Waals surface area contributed by atoms with Gasteiger partial charge in [-0.1, -0.05) is 12.1 Å². The lowest BCUT2D eigenvalue weighted by molar-refractivity contribution is 0.0602. The van der Waals surface area contributed by atoms with Gasteiger partial charge in [0.25, 0.3) is 0 Å². The van der Waals surface area contributed by atoms with Crippen molar-refractivity contribution in [2.75, 3.05) is 30.4 Å². The van der Waals surface area contributed by atoms with E-state index in [1.54, 1.807) is 12.1 Å². The van der Waals surface area contributed by atoms with Gasteiger partial charge in [-0.2, -0.15) is 4.98 Å². The number of para-hydroxylation sites is 1. The van der Waals surface area contributed by atoms with Gasteiger partial charge in [-0.3, -0.25) is 0 Å². The summed E-state index contributed by atoms with van der Waals surface area (Å²) in [6, 6.07) is 9.19. The summed E-state index contributed by atoms with van der Waals surface area (Å²) < 4.78 is 4.83. The highest BCUT2D eigenvalue weighted by molar-refractivity contribution is 5.96. The number of methoxy groups -OCH3 is 1. The lowest BCUT2D eigenvalue weighted by Crippen LogP contribution is -2.30. The second kappa shape index (κ2) is 7.29. The number of hydrogen-bond acceptors (Lipinski definition) is 6. The monoisotopic (exact) mass is 326 g/mol. The van der Waals surface area contributed by atoms with Gasteiger partial charge in [0.1, 0.15) is 5.82 Å². The molecule has 1 saturated heterocycles. The fraction of sp³-hybridized carbons (Fsp3) is 0.389. The summed E-state index contributed by atoms with van der Waals surface area (Å²) >= 11 is 0. The van der Waals surface area contributed by atoms with E-state index in [0.717, 1.165) is 24.6 Å². The molecule has 0 bridgehead atoms. The Bertz CT molecular complexity index is 727. The molecule has 0 radical (unpaired) electrons. The third-order valence-corrected chi connectivity index (χ3v) is 4.10. The minimum absolute atomic E-state index is 0.387. The van der Waals surface area contributed by atoms with Crippen LogP contribution in [-0.2, 0) is 4.74 Å². The number of nitrogens with zero attached hydrogens (tertiary/aromatic N) is 3. The molecule has 3 rings (SSSR count). The molecule has 0 unspecified atom stereocenters. The molecule has 24 heavy (non-hydrogen) atoms. The summed E-state index contributed by atoms with van der Waals surface area (Å²) in [5.74, 6) is 1.04. The minimum atomic E-state index is -0.387.